The van der Waals surface area contributed by atoms with Gasteiger partial charge in [-0.25, -0.2) is 9.78 Å². The van der Waals surface area contributed by atoms with E-state index in [0.29, 0.717) is 6.04 Å². The molecule has 1 aromatic rings. The lowest BCUT2D eigenvalue weighted by atomic mass is 10.1. The van der Waals surface area contributed by atoms with E-state index in [4.69, 9.17) is 4.74 Å². The van der Waals surface area contributed by atoms with Crippen LogP contribution in [0.5, 0.6) is 0 Å². The molecule has 1 N–H and O–H groups in total. The minimum atomic E-state index is -0.482. The van der Waals surface area contributed by atoms with Gasteiger partial charge in [-0.3, -0.25) is 0 Å². The average Bonchev–Trinajstić information content (AvgIpc) is 2.86. The van der Waals surface area contributed by atoms with Crippen molar-refractivity contribution >= 4 is 17.9 Å². The highest BCUT2D eigenvalue weighted by molar-refractivity contribution is 7.99. The number of carbonyl (C=O) groups excluding carboxylic acids is 1. The highest BCUT2D eigenvalue weighted by Gasteiger charge is 2.23. The predicted octanol–water partition coefficient (Wildman–Crippen LogP) is 3.54. The Hall–Kier alpha value is -1.17. The van der Waals surface area contributed by atoms with Crippen LogP contribution in [0.1, 0.15) is 58.3 Å². The molecule has 1 aliphatic heterocycles. The second-order valence-electron chi connectivity index (χ2n) is 6.44. The maximum absolute atomic E-state index is 11.9. The summed E-state index contributed by atoms with van der Waals surface area (Å²) in [5.41, 5.74) is 0.558. The normalized spacial score (nSPS) is 18.3. The Morgan fingerprint density at radius 1 is 1.48 bits per heavy atom. The second-order valence-corrected chi connectivity index (χ2v) is 7.66. The molecule has 118 valence electrons. The molecule has 0 aliphatic carbocycles. The van der Waals surface area contributed by atoms with Crippen LogP contribution in [-0.2, 0) is 4.74 Å². The molecule has 1 aromatic heterocycles. The Kier molecular flexibility index (Phi) is 5.19. The van der Waals surface area contributed by atoms with Crippen molar-refractivity contribution in [3.63, 3.8) is 0 Å². The number of amides is 1. The fourth-order valence-electron chi connectivity index (χ4n) is 2.48. The first-order chi connectivity index (χ1) is 9.87. The third-order valence-corrected chi connectivity index (χ3v) is 4.51. The molecule has 2 heterocycles. The summed E-state index contributed by atoms with van der Waals surface area (Å²) in [4.78, 5) is 16.1. The van der Waals surface area contributed by atoms with Crippen LogP contribution in [0.2, 0.25) is 0 Å². The largest absolute Gasteiger partial charge is 0.444 e. The van der Waals surface area contributed by atoms with E-state index < -0.39 is 5.60 Å². The van der Waals surface area contributed by atoms with Crippen LogP contribution in [0.3, 0.4) is 0 Å². The van der Waals surface area contributed by atoms with Gasteiger partial charge in [0.1, 0.15) is 5.60 Å². The summed E-state index contributed by atoms with van der Waals surface area (Å²) >= 11 is 2.00. The van der Waals surface area contributed by atoms with E-state index in [1.807, 2.05) is 52.0 Å². The van der Waals surface area contributed by atoms with Crippen molar-refractivity contribution in [2.75, 3.05) is 11.5 Å². The number of ether oxygens (including phenoxy) is 1. The van der Waals surface area contributed by atoms with Crippen LogP contribution in [0.25, 0.3) is 0 Å². The van der Waals surface area contributed by atoms with E-state index in [2.05, 4.69) is 14.9 Å². The summed E-state index contributed by atoms with van der Waals surface area (Å²) in [5.74, 6) is 2.38. The molecule has 2 rings (SSSR count). The van der Waals surface area contributed by atoms with Crippen molar-refractivity contribution in [1.29, 1.82) is 0 Å². The molecule has 0 saturated carbocycles. The molecular formula is C15H25N3O2S. The highest BCUT2D eigenvalue weighted by atomic mass is 32.2. The molecule has 1 atom stereocenters. The predicted molar refractivity (Wildman–Crippen MR) is 85.6 cm³/mol. The van der Waals surface area contributed by atoms with Crippen LogP contribution in [0.4, 0.5) is 4.79 Å². The van der Waals surface area contributed by atoms with Gasteiger partial charge in [-0.2, -0.15) is 11.8 Å². The van der Waals surface area contributed by atoms with Gasteiger partial charge in [0.25, 0.3) is 0 Å². The van der Waals surface area contributed by atoms with E-state index in [9.17, 15) is 4.79 Å². The summed E-state index contributed by atoms with van der Waals surface area (Å²) in [6, 6.07) is 0.378. The number of alkyl carbamates (subject to hydrolysis) is 1. The van der Waals surface area contributed by atoms with Crippen molar-refractivity contribution < 1.29 is 9.53 Å². The summed E-state index contributed by atoms with van der Waals surface area (Å²) in [6.07, 6.45) is 5.65. The molecule has 0 radical (unpaired) electrons. The topological polar surface area (TPSA) is 56.1 Å². The number of imidazole rings is 1. The molecule has 6 heteroatoms. The quantitative estimate of drug-likeness (QED) is 0.927. The molecule has 0 unspecified atom stereocenters. The Labute approximate surface area is 130 Å². The maximum atomic E-state index is 11.9. The SMILES string of the molecule is C[C@@H](NC(=O)OC(C)(C)C)c1cncn1C1CCSCC1. The van der Waals surface area contributed by atoms with Crippen LogP contribution in [0, 0.1) is 0 Å². The summed E-state index contributed by atoms with van der Waals surface area (Å²) in [5, 5.41) is 2.89. The van der Waals surface area contributed by atoms with Gasteiger partial charge < -0.3 is 14.6 Å². The molecule has 1 aliphatic rings. The second kappa shape index (κ2) is 6.73. The van der Waals surface area contributed by atoms with E-state index in [0.717, 1.165) is 18.5 Å². The van der Waals surface area contributed by atoms with E-state index in [1.165, 1.54) is 11.5 Å². The zero-order valence-corrected chi connectivity index (χ0v) is 14.1. The minimum absolute atomic E-state index is 0.114. The van der Waals surface area contributed by atoms with Gasteiger partial charge >= 0.3 is 6.09 Å². The van der Waals surface area contributed by atoms with Crippen LogP contribution < -0.4 is 5.32 Å². The van der Waals surface area contributed by atoms with Crippen LogP contribution >= 0.6 is 11.8 Å². The third kappa shape index (κ3) is 4.66. The number of nitrogens with zero attached hydrogens (tertiary/aromatic N) is 2. The van der Waals surface area contributed by atoms with Gasteiger partial charge in [0.05, 0.1) is 24.3 Å². The zero-order valence-electron chi connectivity index (χ0n) is 13.3. The molecule has 5 nitrogen and oxygen atoms in total. The van der Waals surface area contributed by atoms with Gasteiger partial charge in [0, 0.05) is 6.04 Å². The highest BCUT2D eigenvalue weighted by Crippen LogP contribution is 2.29. The monoisotopic (exact) mass is 311 g/mol. The lowest BCUT2D eigenvalue weighted by molar-refractivity contribution is 0.0505. The van der Waals surface area contributed by atoms with Gasteiger partial charge in [0.2, 0.25) is 0 Å². The van der Waals surface area contributed by atoms with E-state index in [-0.39, 0.29) is 12.1 Å². The van der Waals surface area contributed by atoms with Crippen molar-refractivity contribution in [1.82, 2.24) is 14.9 Å². The number of aromatic nitrogens is 2. The molecule has 1 amide bonds. The number of hydrogen-bond acceptors (Lipinski definition) is 4. The lowest BCUT2D eigenvalue weighted by Crippen LogP contribution is -2.35. The first kappa shape index (κ1) is 16.2. The average molecular weight is 311 g/mol. The molecule has 21 heavy (non-hydrogen) atoms. The van der Waals surface area contributed by atoms with Gasteiger partial charge in [-0.05, 0) is 52.0 Å². The first-order valence-corrected chi connectivity index (χ1v) is 8.61. The number of thioether (sulfide) groups is 1. The van der Waals surface area contributed by atoms with Gasteiger partial charge in [0.15, 0.2) is 0 Å². The third-order valence-electron chi connectivity index (χ3n) is 3.46. The van der Waals surface area contributed by atoms with E-state index >= 15 is 0 Å². The first-order valence-electron chi connectivity index (χ1n) is 7.46. The summed E-state index contributed by atoms with van der Waals surface area (Å²) in [7, 11) is 0. The Morgan fingerprint density at radius 3 is 2.76 bits per heavy atom. The number of carbonyl (C=O) groups is 1. The van der Waals surface area contributed by atoms with Crippen LogP contribution in [-0.4, -0.2) is 32.8 Å². The maximum Gasteiger partial charge on any atom is 0.408 e. The Balaban J connectivity index is 2.01. The Bertz CT molecular complexity index is 476. The smallest absolute Gasteiger partial charge is 0.408 e. The number of rotatable bonds is 3. The lowest BCUT2D eigenvalue weighted by Gasteiger charge is -2.27. The summed E-state index contributed by atoms with van der Waals surface area (Å²) < 4.78 is 7.52. The van der Waals surface area contributed by atoms with Crippen molar-refractivity contribution in [2.24, 2.45) is 0 Å². The number of nitrogens with one attached hydrogen (secondary N) is 1. The van der Waals surface area contributed by atoms with Crippen molar-refractivity contribution in [2.45, 2.75) is 58.2 Å². The van der Waals surface area contributed by atoms with Gasteiger partial charge in [-0.1, -0.05) is 0 Å². The fourth-order valence-corrected chi connectivity index (χ4v) is 3.56. The molecule has 1 fully saturated rings. The van der Waals surface area contributed by atoms with E-state index in [1.54, 1.807) is 0 Å². The summed E-state index contributed by atoms with van der Waals surface area (Å²) in [6.45, 7) is 7.55. The molecule has 0 bridgehead atoms. The molecular weight excluding hydrogens is 286 g/mol. The standard InChI is InChI=1S/C15H25N3O2S/c1-11(17-14(19)20-15(2,3)4)13-9-16-10-18(13)12-5-7-21-8-6-12/h9-12H,5-8H2,1-4H3,(H,17,19)/t11-/m1/s1. The molecule has 0 aromatic carbocycles. The fraction of sp³-hybridized carbons (Fsp3) is 0.733. The zero-order chi connectivity index (χ0) is 15.5. The Morgan fingerprint density at radius 2 is 2.14 bits per heavy atom. The minimum Gasteiger partial charge on any atom is -0.444 e. The van der Waals surface area contributed by atoms with Crippen LogP contribution in [0.15, 0.2) is 12.5 Å². The van der Waals surface area contributed by atoms with Crippen molar-refractivity contribution in [3.05, 3.63) is 18.2 Å². The number of hydrogen-bond donors (Lipinski definition) is 1. The molecule has 1 saturated heterocycles. The molecule has 0 spiro atoms. The van der Waals surface area contributed by atoms with Crippen molar-refractivity contribution in [3.8, 4) is 0 Å². The van der Waals surface area contributed by atoms with Gasteiger partial charge in [-0.15, -0.1) is 0 Å².